The molecule has 0 aliphatic heterocycles. The minimum Gasteiger partial charge on any atom is -0.493 e. The van der Waals surface area contributed by atoms with Gasteiger partial charge in [0.2, 0.25) is 15.9 Å². The molecule has 0 saturated carbocycles. The second kappa shape index (κ2) is 14.3. The predicted molar refractivity (Wildman–Crippen MR) is 159 cm³/mol. The van der Waals surface area contributed by atoms with Gasteiger partial charge in [0.05, 0.1) is 27.3 Å². The van der Waals surface area contributed by atoms with Crippen LogP contribution in [-0.4, -0.2) is 57.4 Å². The number of carbonyl (C=O) groups is 1. The standard InChI is InChI=1S/C30H38N2O5S2/c1-23(2)20-32(39(34,35)18-15-25-9-7-6-8-10-25)22-30(33)31(21-29-24(3)14-17-38-29)16-13-26-11-12-27(36-4)28(19-26)37-5/h6-12,14-15,17-19,23H,13,16,20-22H2,1-5H3/b18-15+. The minimum atomic E-state index is -3.82. The van der Waals surface area contributed by atoms with Crippen LogP contribution < -0.4 is 9.47 Å². The van der Waals surface area contributed by atoms with E-state index in [-0.39, 0.29) is 24.9 Å². The summed E-state index contributed by atoms with van der Waals surface area (Å²) in [5.41, 5.74) is 2.88. The highest BCUT2D eigenvalue weighted by Gasteiger charge is 2.26. The third kappa shape index (κ3) is 8.95. The molecule has 39 heavy (non-hydrogen) atoms. The summed E-state index contributed by atoms with van der Waals surface area (Å²) in [6, 6.07) is 17.0. The largest absolute Gasteiger partial charge is 0.493 e. The fraction of sp³-hybridized carbons (Fsp3) is 0.367. The Bertz CT molecular complexity index is 1350. The molecular weight excluding hydrogens is 532 g/mol. The lowest BCUT2D eigenvalue weighted by Crippen LogP contribution is -2.44. The van der Waals surface area contributed by atoms with Gasteiger partial charge >= 0.3 is 0 Å². The van der Waals surface area contributed by atoms with Gasteiger partial charge in [-0.3, -0.25) is 4.79 Å². The van der Waals surface area contributed by atoms with Gasteiger partial charge in [0.1, 0.15) is 0 Å². The number of hydrogen-bond donors (Lipinski definition) is 0. The van der Waals surface area contributed by atoms with Crippen molar-refractivity contribution in [3.63, 3.8) is 0 Å². The van der Waals surface area contributed by atoms with Crippen LogP contribution in [0.2, 0.25) is 0 Å². The number of benzene rings is 2. The van der Waals surface area contributed by atoms with Crippen molar-refractivity contribution in [1.82, 2.24) is 9.21 Å². The quantitative estimate of drug-likeness (QED) is 0.252. The van der Waals surface area contributed by atoms with Crippen LogP contribution in [0.15, 0.2) is 65.4 Å². The Morgan fingerprint density at radius 2 is 1.74 bits per heavy atom. The highest BCUT2D eigenvalue weighted by Crippen LogP contribution is 2.28. The smallest absolute Gasteiger partial charge is 0.238 e. The molecule has 0 radical (unpaired) electrons. The molecular formula is C30H38N2O5S2. The van der Waals surface area contributed by atoms with E-state index >= 15 is 0 Å². The first kappa shape index (κ1) is 30.4. The van der Waals surface area contributed by atoms with Crippen molar-refractivity contribution in [3.8, 4) is 11.5 Å². The van der Waals surface area contributed by atoms with E-state index in [0.29, 0.717) is 31.0 Å². The Hall–Kier alpha value is -3.14. The van der Waals surface area contributed by atoms with Gasteiger partial charge in [0, 0.05) is 23.4 Å². The average Bonchev–Trinajstić information content (AvgIpc) is 3.33. The molecule has 0 bridgehead atoms. The molecule has 7 nitrogen and oxygen atoms in total. The molecule has 9 heteroatoms. The molecule has 1 amide bonds. The molecule has 210 valence electrons. The maximum atomic E-state index is 13.7. The van der Waals surface area contributed by atoms with Crippen LogP contribution in [0.5, 0.6) is 11.5 Å². The fourth-order valence-electron chi connectivity index (χ4n) is 4.06. The molecule has 1 aromatic heterocycles. The highest BCUT2D eigenvalue weighted by molar-refractivity contribution is 7.92. The Labute approximate surface area is 236 Å². The second-order valence-electron chi connectivity index (χ2n) is 9.73. The minimum absolute atomic E-state index is 0.0532. The Kier molecular flexibility index (Phi) is 11.2. The molecule has 2 aromatic carbocycles. The molecule has 1 heterocycles. The molecule has 0 N–H and O–H groups in total. The lowest BCUT2D eigenvalue weighted by molar-refractivity contribution is -0.132. The van der Waals surface area contributed by atoms with Crippen molar-refractivity contribution in [2.45, 2.75) is 33.7 Å². The molecule has 0 atom stereocenters. The SMILES string of the molecule is COc1ccc(CCN(Cc2sccc2C)C(=O)CN(CC(C)C)S(=O)(=O)/C=C/c2ccccc2)cc1OC. The van der Waals surface area contributed by atoms with E-state index in [1.807, 2.05) is 80.7 Å². The number of carbonyl (C=O) groups excluding carboxylic acids is 1. The van der Waals surface area contributed by atoms with E-state index in [1.54, 1.807) is 36.5 Å². The monoisotopic (exact) mass is 570 g/mol. The van der Waals surface area contributed by atoms with Crippen LogP contribution in [0.4, 0.5) is 0 Å². The summed E-state index contributed by atoms with van der Waals surface area (Å²) in [6.07, 6.45) is 2.15. The molecule has 0 unspecified atom stereocenters. The van der Waals surface area contributed by atoms with Gasteiger partial charge in [-0.05, 0) is 65.6 Å². The topological polar surface area (TPSA) is 76.2 Å². The summed E-state index contributed by atoms with van der Waals surface area (Å²) in [5, 5.41) is 3.20. The zero-order valence-electron chi connectivity index (χ0n) is 23.3. The fourth-order valence-corrected chi connectivity index (χ4v) is 6.28. The van der Waals surface area contributed by atoms with Crippen LogP contribution >= 0.6 is 11.3 Å². The number of sulfonamides is 1. The van der Waals surface area contributed by atoms with Crippen LogP contribution in [0.25, 0.3) is 6.08 Å². The zero-order valence-corrected chi connectivity index (χ0v) is 24.9. The first-order chi connectivity index (χ1) is 18.6. The van der Waals surface area contributed by atoms with Gasteiger partial charge in [0.25, 0.3) is 0 Å². The summed E-state index contributed by atoms with van der Waals surface area (Å²) >= 11 is 1.60. The third-order valence-corrected chi connectivity index (χ3v) is 8.73. The number of rotatable bonds is 14. The van der Waals surface area contributed by atoms with Crippen molar-refractivity contribution in [3.05, 3.63) is 87.0 Å². The van der Waals surface area contributed by atoms with E-state index in [0.717, 1.165) is 21.6 Å². The van der Waals surface area contributed by atoms with E-state index < -0.39 is 10.0 Å². The van der Waals surface area contributed by atoms with Gasteiger partial charge in [-0.15, -0.1) is 11.3 Å². The summed E-state index contributed by atoms with van der Waals surface area (Å²) < 4.78 is 38.7. The summed E-state index contributed by atoms with van der Waals surface area (Å²) in [5.74, 6) is 1.08. The number of ether oxygens (including phenoxy) is 2. The summed E-state index contributed by atoms with van der Waals surface area (Å²) in [4.78, 5) is 16.5. The van der Waals surface area contributed by atoms with Crippen molar-refractivity contribution >= 4 is 33.3 Å². The number of hydrogen-bond acceptors (Lipinski definition) is 6. The van der Waals surface area contributed by atoms with Crippen LogP contribution in [0.1, 0.15) is 35.4 Å². The maximum Gasteiger partial charge on any atom is 0.238 e. The molecule has 0 aliphatic carbocycles. The van der Waals surface area contributed by atoms with Gasteiger partial charge in [-0.2, -0.15) is 4.31 Å². The van der Waals surface area contributed by atoms with Gasteiger partial charge in [0.15, 0.2) is 11.5 Å². The Balaban J connectivity index is 1.82. The molecule has 0 aliphatic rings. The third-order valence-electron chi connectivity index (χ3n) is 6.25. The van der Waals surface area contributed by atoms with E-state index in [9.17, 15) is 13.2 Å². The Morgan fingerprint density at radius 3 is 2.36 bits per heavy atom. The van der Waals surface area contributed by atoms with E-state index in [4.69, 9.17) is 9.47 Å². The first-order valence-electron chi connectivity index (χ1n) is 12.9. The molecule has 0 saturated heterocycles. The van der Waals surface area contributed by atoms with Gasteiger partial charge in [-0.25, -0.2) is 8.42 Å². The molecule has 0 spiro atoms. The Morgan fingerprint density at radius 1 is 1.03 bits per heavy atom. The van der Waals surface area contributed by atoms with Crippen molar-refractivity contribution in [2.75, 3.05) is 33.9 Å². The number of methoxy groups -OCH3 is 2. The van der Waals surface area contributed by atoms with Gasteiger partial charge in [-0.1, -0.05) is 50.2 Å². The van der Waals surface area contributed by atoms with Crippen molar-refractivity contribution in [1.29, 1.82) is 0 Å². The van der Waals surface area contributed by atoms with Crippen LogP contribution in [-0.2, 0) is 27.8 Å². The van der Waals surface area contributed by atoms with Crippen molar-refractivity contribution in [2.24, 2.45) is 5.92 Å². The van der Waals surface area contributed by atoms with Crippen LogP contribution in [0.3, 0.4) is 0 Å². The average molecular weight is 571 g/mol. The lowest BCUT2D eigenvalue weighted by Gasteiger charge is -2.27. The molecule has 0 fully saturated rings. The number of aryl methyl sites for hydroxylation is 1. The van der Waals surface area contributed by atoms with Crippen molar-refractivity contribution < 1.29 is 22.7 Å². The van der Waals surface area contributed by atoms with Crippen LogP contribution in [0, 0.1) is 12.8 Å². The predicted octanol–water partition coefficient (Wildman–Crippen LogP) is 5.60. The summed E-state index contributed by atoms with van der Waals surface area (Å²) in [6.45, 7) is 6.78. The van der Waals surface area contributed by atoms with E-state index in [2.05, 4.69) is 0 Å². The first-order valence-corrected chi connectivity index (χ1v) is 15.3. The van der Waals surface area contributed by atoms with E-state index in [1.165, 1.54) is 9.71 Å². The molecule has 3 rings (SSSR count). The normalized spacial score (nSPS) is 11.9. The lowest BCUT2D eigenvalue weighted by atomic mass is 10.1. The highest BCUT2D eigenvalue weighted by atomic mass is 32.2. The molecule has 3 aromatic rings. The van der Waals surface area contributed by atoms with Gasteiger partial charge < -0.3 is 14.4 Å². The number of nitrogens with zero attached hydrogens (tertiary/aromatic N) is 2. The zero-order chi connectivity index (χ0) is 28.4. The summed E-state index contributed by atoms with van der Waals surface area (Å²) in [7, 11) is -0.640. The number of thiophene rings is 1. The second-order valence-corrected chi connectivity index (χ2v) is 12.5. The number of amides is 1. The maximum absolute atomic E-state index is 13.7.